The monoisotopic (exact) mass is 448 g/mol. The van der Waals surface area contributed by atoms with Gasteiger partial charge in [-0.1, -0.05) is 18.2 Å². The molecule has 7 heteroatoms. The van der Waals surface area contributed by atoms with Gasteiger partial charge in [0.1, 0.15) is 11.7 Å². The fraction of sp³-hybridized carbons (Fsp3) is 0.583. The topological polar surface area (TPSA) is 71.8 Å². The van der Waals surface area contributed by atoms with E-state index in [0.29, 0.717) is 12.1 Å². The molecule has 6 nitrogen and oxygen atoms in total. The van der Waals surface area contributed by atoms with Gasteiger partial charge in [0.2, 0.25) is 0 Å². The van der Waals surface area contributed by atoms with Crippen LogP contribution in [0.15, 0.2) is 35.1 Å². The minimum absolute atomic E-state index is 0. The maximum Gasteiger partial charge on any atom is 0.344 e. The average molecular weight is 449 g/mol. The molecule has 0 radical (unpaired) electrons. The summed E-state index contributed by atoms with van der Waals surface area (Å²) in [5.74, 6) is -0.502. The van der Waals surface area contributed by atoms with Crippen molar-refractivity contribution in [1.29, 1.82) is 0 Å². The van der Waals surface area contributed by atoms with Crippen molar-refractivity contribution in [2.24, 2.45) is 0 Å². The first-order valence-corrected chi connectivity index (χ1v) is 11.2. The Kier molecular flexibility index (Phi) is 7.78. The number of benzene rings is 1. The first-order chi connectivity index (χ1) is 14.5. The number of esters is 1. The number of halogens is 1. The predicted molar refractivity (Wildman–Crippen MR) is 124 cm³/mol. The molecule has 2 atom stereocenters. The van der Waals surface area contributed by atoms with E-state index in [1.54, 1.807) is 10.6 Å². The van der Waals surface area contributed by atoms with Crippen LogP contribution in [0.1, 0.15) is 68.8 Å². The van der Waals surface area contributed by atoms with E-state index in [1.165, 1.54) is 0 Å². The average Bonchev–Trinajstić information content (AvgIpc) is 2.95. The second kappa shape index (κ2) is 10.2. The fourth-order valence-corrected chi connectivity index (χ4v) is 5.25. The van der Waals surface area contributed by atoms with Crippen molar-refractivity contribution in [2.45, 2.75) is 76.6 Å². The van der Waals surface area contributed by atoms with Gasteiger partial charge in [0.25, 0.3) is 5.56 Å². The van der Waals surface area contributed by atoms with Gasteiger partial charge in [0, 0.05) is 37.6 Å². The third-order valence-electron chi connectivity index (χ3n) is 6.62. The molecule has 3 heterocycles. The number of ether oxygens (including phenoxy) is 1. The number of aliphatic hydroxyl groups is 1. The summed E-state index contributed by atoms with van der Waals surface area (Å²) >= 11 is 0. The Balaban J connectivity index is 0.00000272. The van der Waals surface area contributed by atoms with Crippen LogP contribution < -0.4 is 5.56 Å². The molecule has 170 valence electrons. The first-order valence-electron chi connectivity index (χ1n) is 11.2. The van der Waals surface area contributed by atoms with E-state index in [0.717, 1.165) is 56.0 Å². The number of para-hydroxylation sites is 1. The van der Waals surface area contributed by atoms with Crippen LogP contribution in [0.5, 0.6) is 0 Å². The lowest BCUT2D eigenvalue weighted by atomic mass is 9.99. The Labute approximate surface area is 189 Å². The number of piperidine rings is 1. The number of carbonyl (C=O) groups is 1. The summed E-state index contributed by atoms with van der Waals surface area (Å²) in [5, 5.41) is 9.90. The Morgan fingerprint density at radius 3 is 2.48 bits per heavy atom. The van der Waals surface area contributed by atoms with Crippen molar-refractivity contribution in [1.82, 2.24) is 9.47 Å². The molecular weight excluding hydrogens is 416 g/mol. The van der Waals surface area contributed by atoms with E-state index in [9.17, 15) is 9.59 Å². The molecule has 2 aromatic rings. The lowest BCUT2D eigenvalue weighted by Crippen LogP contribution is -2.46. The highest BCUT2D eigenvalue weighted by Crippen LogP contribution is 2.37. The van der Waals surface area contributed by atoms with Gasteiger partial charge in [-0.15, -0.1) is 12.4 Å². The minimum atomic E-state index is -0.502. The minimum Gasteiger partial charge on any atom is -0.459 e. The van der Waals surface area contributed by atoms with Gasteiger partial charge in [-0.2, -0.15) is 0 Å². The third kappa shape index (κ3) is 4.81. The van der Waals surface area contributed by atoms with Crippen LogP contribution in [0.2, 0.25) is 0 Å². The van der Waals surface area contributed by atoms with Crippen LogP contribution >= 0.6 is 12.4 Å². The Morgan fingerprint density at radius 2 is 1.84 bits per heavy atom. The number of hydrogen-bond acceptors (Lipinski definition) is 5. The molecular formula is C24H33ClN2O4. The van der Waals surface area contributed by atoms with Gasteiger partial charge in [-0.05, 0) is 63.6 Å². The molecule has 2 unspecified atom stereocenters. The standard InChI is InChI=1S/C24H32N2O4.ClH/c1-16(2)26-22-8-4-3-7-17(22)13-21(23(26)28)24(29)30-20-14-18-9-10-19(15-20)25(18)11-5-6-12-27;/h3-4,7-8,13,16,18-20,27H,5-6,9-12,14-15H2,1-2H3;1H. The number of unbranched alkanes of at least 4 members (excludes halogenated alkanes) is 1. The Bertz CT molecular complexity index is 960. The van der Waals surface area contributed by atoms with Crippen LogP contribution in [-0.2, 0) is 4.74 Å². The molecule has 2 aliphatic heterocycles. The molecule has 31 heavy (non-hydrogen) atoms. The number of nitrogens with zero attached hydrogens (tertiary/aromatic N) is 2. The van der Waals surface area contributed by atoms with Gasteiger partial charge in [-0.25, -0.2) is 4.79 Å². The van der Waals surface area contributed by atoms with E-state index >= 15 is 0 Å². The molecule has 4 rings (SSSR count). The van der Waals surface area contributed by atoms with Crippen molar-refractivity contribution in [3.8, 4) is 0 Å². The maximum atomic E-state index is 13.1. The van der Waals surface area contributed by atoms with Crippen LogP contribution in [-0.4, -0.2) is 51.9 Å². The molecule has 1 aromatic carbocycles. The molecule has 0 spiro atoms. The Hall–Kier alpha value is -1.89. The van der Waals surface area contributed by atoms with Crippen molar-refractivity contribution in [3.05, 3.63) is 46.2 Å². The lowest BCUT2D eigenvalue weighted by Gasteiger charge is -2.38. The molecule has 0 aliphatic carbocycles. The number of carbonyl (C=O) groups excluding carboxylic acids is 1. The summed E-state index contributed by atoms with van der Waals surface area (Å²) in [7, 11) is 0. The molecule has 0 amide bonds. The molecule has 0 saturated carbocycles. The largest absolute Gasteiger partial charge is 0.459 e. The van der Waals surface area contributed by atoms with Crippen LogP contribution in [0.3, 0.4) is 0 Å². The summed E-state index contributed by atoms with van der Waals surface area (Å²) in [6, 6.07) is 10.2. The maximum absolute atomic E-state index is 13.1. The Morgan fingerprint density at radius 1 is 1.16 bits per heavy atom. The number of pyridine rings is 1. The predicted octanol–water partition coefficient (Wildman–Crippen LogP) is 3.93. The zero-order valence-electron chi connectivity index (χ0n) is 18.3. The number of hydrogen-bond donors (Lipinski definition) is 1. The summed E-state index contributed by atoms with van der Waals surface area (Å²) in [4.78, 5) is 28.6. The van der Waals surface area contributed by atoms with E-state index < -0.39 is 5.97 Å². The smallest absolute Gasteiger partial charge is 0.344 e. The molecule has 1 aromatic heterocycles. The third-order valence-corrected chi connectivity index (χ3v) is 6.62. The zero-order valence-corrected chi connectivity index (χ0v) is 19.1. The van der Waals surface area contributed by atoms with Crippen molar-refractivity contribution in [3.63, 3.8) is 0 Å². The van der Waals surface area contributed by atoms with Crippen LogP contribution in [0.4, 0.5) is 0 Å². The molecule has 1 N–H and O–H groups in total. The van der Waals surface area contributed by atoms with E-state index in [-0.39, 0.29) is 42.3 Å². The second-order valence-corrected chi connectivity index (χ2v) is 8.94. The zero-order chi connectivity index (χ0) is 21.3. The molecule has 2 saturated heterocycles. The number of rotatable bonds is 7. The van der Waals surface area contributed by atoms with Gasteiger partial charge >= 0.3 is 5.97 Å². The summed E-state index contributed by atoms with van der Waals surface area (Å²) in [5.41, 5.74) is 0.682. The first kappa shape index (κ1) is 23.8. The summed E-state index contributed by atoms with van der Waals surface area (Å²) in [6.07, 6.45) is 5.61. The number of fused-ring (bicyclic) bond motifs is 3. The quantitative estimate of drug-likeness (QED) is 0.513. The lowest BCUT2D eigenvalue weighted by molar-refractivity contribution is -0.00670. The van der Waals surface area contributed by atoms with Crippen molar-refractivity contribution < 1.29 is 14.6 Å². The second-order valence-electron chi connectivity index (χ2n) is 8.94. The van der Waals surface area contributed by atoms with Crippen molar-refractivity contribution in [2.75, 3.05) is 13.2 Å². The highest BCUT2D eigenvalue weighted by atomic mass is 35.5. The molecule has 2 aliphatic rings. The summed E-state index contributed by atoms with van der Waals surface area (Å²) in [6.45, 7) is 5.14. The van der Waals surface area contributed by atoms with Gasteiger partial charge in [0.15, 0.2) is 0 Å². The number of aliphatic hydroxyl groups excluding tert-OH is 1. The molecule has 2 fully saturated rings. The van der Waals surface area contributed by atoms with Gasteiger partial charge in [-0.3, -0.25) is 9.69 Å². The van der Waals surface area contributed by atoms with Gasteiger partial charge in [0.05, 0.1) is 5.52 Å². The van der Waals surface area contributed by atoms with Crippen LogP contribution in [0, 0.1) is 0 Å². The molecule has 2 bridgehead atoms. The normalized spacial score (nSPS) is 23.2. The van der Waals surface area contributed by atoms with Crippen LogP contribution in [0.25, 0.3) is 10.9 Å². The van der Waals surface area contributed by atoms with E-state index in [4.69, 9.17) is 9.84 Å². The van der Waals surface area contributed by atoms with Crippen molar-refractivity contribution >= 4 is 29.3 Å². The van der Waals surface area contributed by atoms with E-state index in [2.05, 4.69) is 4.90 Å². The van der Waals surface area contributed by atoms with Gasteiger partial charge < -0.3 is 14.4 Å². The van der Waals surface area contributed by atoms with E-state index in [1.807, 2.05) is 38.1 Å². The SMILES string of the molecule is CC(C)n1c(=O)c(C(=O)OC2CC3CCC(C2)N3CCCCO)cc2ccccc21.Cl. The summed E-state index contributed by atoms with van der Waals surface area (Å²) < 4.78 is 7.56. The highest BCUT2D eigenvalue weighted by molar-refractivity contribution is 5.94. The highest BCUT2D eigenvalue weighted by Gasteiger charge is 2.41. The fourth-order valence-electron chi connectivity index (χ4n) is 5.25. The number of aromatic nitrogens is 1.